The number of hydrogen-bond donors (Lipinski definition) is 1. The van der Waals surface area contributed by atoms with Crippen LogP contribution in [0.1, 0.15) is 41.8 Å². The Labute approximate surface area is 123 Å². The van der Waals surface area contributed by atoms with Gasteiger partial charge in [0.1, 0.15) is 10.8 Å². The smallest absolute Gasteiger partial charge is 0.274 e. The van der Waals surface area contributed by atoms with Gasteiger partial charge in [0.15, 0.2) is 0 Å². The lowest BCUT2D eigenvalue weighted by atomic mass is 10.2. The van der Waals surface area contributed by atoms with E-state index in [2.05, 4.69) is 15.4 Å². The van der Waals surface area contributed by atoms with Crippen molar-refractivity contribution in [3.8, 4) is 0 Å². The largest absolute Gasteiger partial charge is 0.317 e. The monoisotopic (exact) mass is 292 g/mol. The Kier molecular flexibility index (Phi) is 4.09. The molecule has 2 rings (SSSR count). The van der Waals surface area contributed by atoms with Gasteiger partial charge in [-0.1, -0.05) is 17.7 Å². The second kappa shape index (κ2) is 5.63. The van der Waals surface area contributed by atoms with Crippen LogP contribution < -0.4 is 5.32 Å². The number of pyridine rings is 1. The Morgan fingerprint density at radius 1 is 1.35 bits per heavy atom. The molecule has 0 atom stereocenters. The number of amides is 1. The summed E-state index contributed by atoms with van der Waals surface area (Å²) in [5.41, 5.74) is 2.72. The number of carbonyl (C=O) groups excluding carboxylic acids is 1. The lowest BCUT2D eigenvalue weighted by Gasteiger charge is -2.09. The maximum absolute atomic E-state index is 12.2. The highest BCUT2D eigenvalue weighted by Crippen LogP contribution is 2.23. The molecule has 0 spiro atoms. The van der Waals surface area contributed by atoms with E-state index in [4.69, 9.17) is 11.6 Å². The fourth-order valence-corrected chi connectivity index (χ4v) is 2.22. The van der Waals surface area contributed by atoms with E-state index in [-0.39, 0.29) is 17.6 Å². The summed E-state index contributed by atoms with van der Waals surface area (Å²) in [7, 11) is 0. The summed E-state index contributed by atoms with van der Waals surface area (Å²) >= 11 is 5.79. The summed E-state index contributed by atoms with van der Waals surface area (Å²) in [4.78, 5) is 16.2. The first-order valence-electron chi connectivity index (χ1n) is 6.39. The van der Waals surface area contributed by atoms with E-state index in [1.54, 1.807) is 18.2 Å². The number of aryl methyl sites for hydroxylation is 1. The molecule has 6 heteroatoms. The van der Waals surface area contributed by atoms with Crippen molar-refractivity contribution in [2.24, 2.45) is 0 Å². The van der Waals surface area contributed by atoms with Gasteiger partial charge in [-0.15, -0.1) is 0 Å². The maximum atomic E-state index is 12.2. The van der Waals surface area contributed by atoms with E-state index in [1.165, 1.54) is 0 Å². The van der Waals surface area contributed by atoms with Crippen molar-refractivity contribution in [1.82, 2.24) is 14.8 Å². The molecule has 2 aromatic rings. The van der Waals surface area contributed by atoms with Crippen LogP contribution in [0.3, 0.4) is 0 Å². The van der Waals surface area contributed by atoms with Crippen LogP contribution in [0.25, 0.3) is 0 Å². The number of nitrogens with zero attached hydrogens (tertiary/aromatic N) is 3. The van der Waals surface area contributed by atoms with Crippen molar-refractivity contribution in [2.45, 2.75) is 33.7 Å². The molecule has 2 heterocycles. The molecular formula is C14H17ClN4O. The lowest BCUT2D eigenvalue weighted by molar-refractivity contribution is 0.102. The summed E-state index contributed by atoms with van der Waals surface area (Å²) in [5, 5.41) is 7.58. The Balaban J connectivity index is 2.29. The van der Waals surface area contributed by atoms with Crippen LogP contribution in [-0.4, -0.2) is 20.7 Å². The van der Waals surface area contributed by atoms with Crippen molar-refractivity contribution < 1.29 is 4.79 Å². The van der Waals surface area contributed by atoms with Crippen molar-refractivity contribution in [3.63, 3.8) is 0 Å². The van der Waals surface area contributed by atoms with Crippen molar-refractivity contribution in [3.05, 3.63) is 40.4 Å². The summed E-state index contributed by atoms with van der Waals surface area (Å²) in [6.07, 6.45) is 0. The molecule has 0 aliphatic rings. The fraction of sp³-hybridized carbons (Fsp3) is 0.357. The third-order valence-electron chi connectivity index (χ3n) is 3.00. The topological polar surface area (TPSA) is 59.8 Å². The zero-order valence-electron chi connectivity index (χ0n) is 11.9. The van der Waals surface area contributed by atoms with E-state index in [1.807, 2.05) is 32.4 Å². The SMILES string of the molecule is Cc1nn(C(C)C)c(C)c1NC(=O)c1cccc(Cl)n1. The summed E-state index contributed by atoms with van der Waals surface area (Å²) < 4.78 is 1.89. The molecule has 0 unspecified atom stereocenters. The standard InChI is InChI=1S/C14H17ClN4O/c1-8(2)19-10(4)13(9(3)18-19)17-14(20)11-6-5-7-12(15)16-11/h5-8H,1-4H3,(H,17,20). The average Bonchev–Trinajstić information content (AvgIpc) is 2.67. The van der Waals surface area contributed by atoms with Crippen molar-refractivity contribution in [1.29, 1.82) is 0 Å². The first-order valence-corrected chi connectivity index (χ1v) is 6.77. The van der Waals surface area contributed by atoms with E-state index < -0.39 is 0 Å². The van der Waals surface area contributed by atoms with Crippen LogP contribution in [0.15, 0.2) is 18.2 Å². The molecule has 5 nitrogen and oxygen atoms in total. The zero-order chi connectivity index (χ0) is 14.9. The number of rotatable bonds is 3. The molecule has 106 valence electrons. The Hall–Kier alpha value is -1.88. The highest BCUT2D eigenvalue weighted by molar-refractivity contribution is 6.29. The summed E-state index contributed by atoms with van der Waals surface area (Å²) in [6, 6.07) is 5.19. The summed E-state index contributed by atoms with van der Waals surface area (Å²) in [5.74, 6) is -0.290. The van der Waals surface area contributed by atoms with E-state index in [0.717, 1.165) is 17.1 Å². The third-order valence-corrected chi connectivity index (χ3v) is 3.21. The number of nitrogens with one attached hydrogen (secondary N) is 1. The molecule has 2 aromatic heterocycles. The predicted molar refractivity (Wildman–Crippen MR) is 79.3 cm³/mol. The number of halogens is 1. The molecule has 0 aliphatic carbocycles. The first-order chi connectivity index (χ1) is 9.40. The fourth-order valence-electron chi connectivity index (χ4n) is 2.06. The van der Waals surface area contributed by atoms with Crippen LogP contribution in [0.4, 0.5) is 5.69 Å². The molecule has 0 bridgehead atoms. The van der Waals surface area contributed by atoms with Crippen LogP contribution in [0.5, 0.6) is 0 Å². The van der Waals surface area contributed by atoms with Crippen molar-refractivity contribution in [2.75, 3.05) is 5.32 Å². The van der Waals surface area contributed by atoms with Gasteiger partial charge in [0, 0.05) is 6.04 Å². The minimum atomic E-state index is -0.290. The lowest BCUT2D eigenvalue weighted by Crippen LogP contribution is -2.15. The molecule has 0 saturated carbocycles. The van der Waals surface area contributed by atoms with E-state index in [9.17, 15) is 4.79 Å². The van der Waals surface area contributed by atoms with Crippen LogP contribution in [0.2, 0.25) is 5.15 Å². The van der Waals surface area contributed by atoms with E-state index in [0.29, 0.717) is 5.15 Å². The van der Waals surface area contributed by atoms with Gasteiger partial charge in [0.25, 0.3) is 5.91 Å². The van der Waals surface area contributed by atoms with Gasteiger partial charge in [-0.2, -0.15) is 5.10 Å². The number of anilines is 1. The Bertz CT molecular complexity index is 649. The van der Waals surface area contributed by atoms with Crippen molar-refractivity contribution >= 4 is 23.2 Å². The van der Waals surface area contributed by atoms with Gasteiger partial charge >= 0.3 is 0 Å². The molecule has 1 N–H and O–H groups in total. The number of hydrogen-bond acceptors (Lipinski definition) is 3. The first kappa shape index (κ1) is 14.5. The molecule has 20 heavy (non-hydrogen) atoms. The van der Waals surface area contributed by atoms with E-state index >= 15 is 0 Å². The molecular weight excluding hydrogens is 276 g/mol. The molecule has 0 aliphatic heterocycles. The van der Waals surface area contributed by atoms with Gasteiger partial charge in [-0.25, -0.2) is 4.98 Å². The van der Waals surface area contributed by atoms with Crippen LogP contribution in [-0.2, 0) is 0 Å². The Morgan fingerprint density at radius 2 is 2.05 bits per heavy atom. The molecule has 1 amide bonds. The van der Waals surface area contributed by atoms with Gasteiger partial charge in [0.2, 0.25) is 0 Å². The highest BCUT2D eigenvalue weighted by atomic mass is 35.5. The van der Waals surface area contributed by atoms with Gasteiger partial charge in [0.05, 0.1) is 17.1 Å². The van der Waals surface area contributed by atoms with Crippen LogP contribution in [0, 0.1) is 13.8 Å². The second-order valence-electron chi connectivity index (χ2n) is 4.88. The minimum Gasteiger partial charge on any atom is -0.317 e. The average molecular weight is 293 g/mol. The molecule has 0 saturated heterocycles. The predicted octanol–water partition coefficient (Wildman–Crippen LogP) is 3.38. The third kappa shape index (κ3) is 2.82. The Morgan fingerprint density at radius 3 is 2.60 bits per heavy atom. The normalized spacial score (nSPS) is 10.9. The van der Waals surface area contributed by atoms with Gasteiger partial charge < -0.3 is 5.32 Å². The molecule has 0 aromatic carbocycles. The molecule has 0 radical (unpaired) electrons. The minimum absolute atomic E-state index is 0.239. The molecule has 0 fully saturated rings. The highest BCUT2D eigenvalue weighted by Gasteiger charge is 2.17. The number of aromatic nitrogens is 3. The summed E-state index contributed by atoms with van der Waals surface area (Å²) in [6.45, 7) is 7.89. The van der Waals surface area contributed by atoms with Crippen LogP contribution >= 0.6 is 11.6 Å². The van der Waals surface area contributed by atoms with Gasteiger partial charge in [-0.3, -0.25) is 9.48 Å². The maximum Gasteiger partial charge on any atom is 0.274 e. The second-order valence-corrected chi connectivity index (χ2v) is 5.27. The quantitative estimate of drug-likeness (QED) is 0.882. The zero-order valence-corrected chi connectivity index (χ0v) is 12.7. The number of carbonyl (C=O) groups is 1. The van der Waals surface area contributed by atoms with Gasteiger partial charge in [-0.05, 0) is 39.8 Å².